The Morgan fingerprint density at radius 3 is 2.57 bits per heavy atom. The van der Waals surface area contributed by atoms with Gasteiger partial charge in [-0.2, -0.15) is 0 Å². The maximum absolute atomic E-state index is 4.08. The molecule has 0 aliphatic carbocycles. The van der Waals surface area contributed by atoms with Crippen molar-refractivity contribution in [3.8, 4) is 11.8 Å². The molecule has 0 spiro atoms. The molecular weight excluding hydrogens is 258 g/mol. The van der Waals surface area contributed by atoms with E-state index in [0.717, 1.165) is 15.0 Å². The van der Waals surface area contributed by atoms with Crippen LogP contribution in [0, 0.1) is 11.8 Å². The number of benzene rings is 1. The molecule has 1 aromatic carbocycles. The van der Waals surface area contributed by atoms with Crippen LogP contribution in [0.1, 0.15) is 10.6 Å². The van der Waals surface area contributed by atoms with Crippen molar-refractivity contribution in [2.24, 2.45) is 0 Å². The predicted octanol–water partition coefficient (Wildman–Crippen LogP) is 3.31. The lowest BCUT2D eigenvalue weighted by molar-refractivity contribution is 1.39. The Morgan fingerprint density at radius 2 is 1.93 bits per heavy atom. The van der Waals surface area contributed by atoms with Gasteiger partial charge in [-0.25, -0.2) is 4.98 Å². The maximum atomic E-state index is 4.08. The van der Waals surface area contributed by atoms with Gasteiger partial charge in [0.1, 0.15) is 0 Å². The van der Waals surface area contributed by atoms with Gasteiger partial charge in [-0.1, -0.05) is 21.9 Å². The minimum atomic E-state index is 0.855. The Bertz CT molecular complexity index is 462. The summed E-state index contributed by atoms with van der Waals surface area (Å²) in [5.41, 5.74) is 1.00. The molecule has 14 heavy (non-hydrogen) atoms. The monoisotopic (exact) mass is 263 g/mol. The highest BCUT2D eigenvalue weighted by molar-refractivity contribution is 9.10. The molecule has 0 saturated carbocycles. The number of nitrogens with zero attached hydrogens (tertiary/aromatic N) is 1. The molecule has 1 aromatic heterocycles. The Morgan fingerprint density at radius 1 is 1.14 bits per heavy atom. The number of aromatic nitrogens is 1. The standard InChI is InChI=1S/C11H6BrNS/c12-10-4-1-9(2-5-10)3-6-11-13-7-8-14-11/h1-2,4-5,7-8H. The summed E-state index contributed by atoms with van der Waals surface area (Å²) in [6.07, 6.45) is 1.76. The Kier molecular flexibility index (Phi) is 2.97. The third kappa shape index (κ3) is 2.44. The fourth-order valence-corrected chi connectivity index (χ4v) is 1.69. The van der Waals surface area contributed by atoms with E-state index in [2.05, 4.69) is 32.8 Å². The maximum Gasteiger partial charge on any atom is 0.167 e. The average molecular weight is 264 g/mol. The summed E-state index contributed by atoms with van der Waals surface area (Å²) < 4.78 is 1.07. The lowest BCUT2D eigenvalue weighted by Crippen LogP contribution is -1.73. The summed E-state index contributed by atoms with van der Waals surface area (Å²) >= 11 is 4.93. The minimum Gasteiger partial charge on any atom is -0.236 e. The van der Waals surface area contributed by atoms with Gasteiger partial charge in [-0.3, -0.25) is 0 Å². The van der Waals surface area contributed by atoms with Gasteiger partial charge in [-0.15, -0.1) is 11.3 Å². The molecule has 1 heterocycles. The third-order valence-electron chi connectivity index (χ3n) is 1.59. The molecule has 3 heteroatoms. The molecule has 0 fully saturated rings. The van der Waals surface area contributed by atoms with Crippen LogP contribution in [0.2, 0.25) is 0 Å². The molecule has 0 unspecified atom stereocenters. The molecular formula is C11H6BrNS. The molecule has 0 atom stereocenters. The second-order valence-corrected chi connectivity index (χ2v) is 4.40. The lowest BCUT2D eigenvalue weighted by Gasteiger charge is -1.89. The van der Waals surface area contributed by atoms with E-state index in [1.54, 1.807) is 17.5 Å². The fraction of sp³-hybridized carbons (Fsp3) is 0. The number of rotatable bonds is 0. The van der Waals surface area contributed by atoms with Crippen molar-refractivity contribution in [2.45, 2.75) is 0 Å². The van der Waals surface area contributed by atoms with E-state index in [1.807, 2.05) is 29.6 Å². The average Bonchev–Trinajstić information content (AvgIpc) is 2.70. The van der Waals surface area contributed by atoms with E-state index in [9.17, 15) is 0 Å². The molecule has 2 rings (SSSR count). The van der Waals surface area contributed by atoms with E-state index >= 15 is 0 Å². The van der Waals surface area contributed by atoms with Crippen LogP contribution in [0.5, 0.6) is 0 Å². The van der Waals surface area contributed by atoms with Gasteiger partial charge in [0.2, 0.25) is 0 Å². The van der Waals surface area contributed by atoms with Gasteiger partial charge < -0.3 is 0 Å². The van der Waals surface area contributed by atoms with Crippen LogP contribution in [0.25, 0.3) is 0 Å². The fourth-order valence-electron chi connectivity index (χ4n) is 0.944. The van der Waals surface area contributed by atoms with Crippen LogP contribution >= 0.6 is 27.3 Å². The number of hydrogen-bond donors (Lipinski definition) is 0. The molecule has 0 saturated heterocycles. The first-order chi connectivity index (χ1) is 6.84. The predicted molar refractivity (Wildman–Crippen MR) is 62.2 cm³/mol. The summed E-state index contributed by atoms with van der Waals surface area (Å²) in [6.45, 7) is 0. The second kappa shape index (κ2) is 4.41. The highest BCUT2D eigenvalue weighted by Crippen LogP contribution is 2.09. The van der Waals surface area contributed by atoms with E-state index in [-0.39, 0.29) is 0 Å². The number of halogens is 1. The minimum absolute atomic E-state index is 0.855. The summed E-state index contributed by atoms with van der Waals surface area (Å²) in [5, 5.41) is 2.78. The van der Waals surface area contributed by atoms with Crippen LogP contribution in [-0.2, 0) is 0 Å². The molecule has 0 bridgehead atoms. The highest BCUT2D eigenvalue weighted by atomic mass is 79.9. The molecule has 0 aliphatic rings. The van der Waals surface area contributed by atoms with Crippen molar-refractivity contribution in [3.05, 3.63) is 50.9 Å². The Hall–Kier alpha value is -1.11. The van der Waals surface area contributed by atoms with Crippen LogP contribution in [-0.4, -0.2) is 4.98 Å². The van der Waals surface area contributed by atoms with Crippen LogP contribution in [0.4, 0.5) is 0 Å². The highest BCUT2D eigenvalue weighted by Gasteiger charge is 1.88. The van der Waals surface area contributed by atoms with Crippen molar-refractivity contribution in [3.63, 3.8) is 0 Å². The van der Waals surface area contributed by atoms with E-state index in [4.69, 9.17) is 0 Å². The first-order valence-electron chi connectivity index (χ1n) is 4.02. The van der Waals surface area contributed by atoms with Crippen molar-refractivity contribution < 1.29 is 0 Å². The van der Waals surface area contributed by atoms with Crippen molar-refractivity contribution in [1.82, 2.24) is 4.98 Å². The van der Waals surface area contributed by atoms with Crippen molar-refractivity contribution >= 4 is 27.3 Å². The van der Waals surface area contributed by atoms with Gasteiger partial charge in [-0.05, 0) is 30.2 Å². The van der Waals surface area contributed by atoms with E-state index < -0.39 is 0 Å². The largest absolute Gasteiger partial charge is 0.236 e. The van der Waals surface area contributed by atoms with Gasteiger partial charge in [0.05, 0.1) is 0 Å². The smallest absolute Gasteiger partial charge is 0.167 e. The molecule has 0 radical (unpaired) electrons. The van der Waals surface area contributed by atoms with Gasteiger partial charge in [0, 0.05) is 21.6 Å². The molecule has 68 valence electrons. The molecule has 0 amide bonds. The van der Waals surface area contributed by atoms with Crippen molar-refractivity contribution in [1.29, 1.82) is 0 Å². The number of thiazole rings is 1. The summed E-state index contributed by atoms with van der Waals surface area (Å²) in [6, 6.07) is 7.91. The molecule has 1 nitrogen and oxygen atoms in total. The SMILES string of the molecule is Brc1ccc(C#Cc2nccs2)cc1. The normalized spacial score (nSPS) is 9.21. The van der Waals surface area contributed by atoms with Gasteiger partial charge >= 0.3 is 0 Å². The Balaban J connectivity index is 2.22. The summed E-state index contributed by atoms with van der Waals surface area (Å²) in [7, 11) is 0. The second-order valence-electron chi connectivity index (χ2n) is 2.59. The quantitative estimate of drug-likeness (QED) is 0.665. The summed E-state index contributed by atoms with van der Waals surface area (Å²) in [5.74, 6) is 6.05. The van der Waals surface area contributed by atoms with Crippen LogP contribution in [0.15, 0.2) is 40.3 Å². The molecule has 0 aliphatic heterocycles. The van der Waals surface area contributed by atoms with Gasteiger partial charge in [0.25, 0.3) is 0 Å². The third-order valence-corrected chi connectivity index (χ3v) is 2.81. The number of hydrogen-bond acceptors (Lipinski definition) is 2. The zero-order valence-electron chi connectivity index (χ0n) is 7.20. The van der Waals surface area contributed by atoms with Crippen LogP contribution < -0.4 is 0 Å². The molecule has 2 aromatic rings. The zero-order chi connectivity index (χ0) is 9.80. The van der Waals surface area contributed by atoms with E-state index in [0.29, 0.717) is 0 Å². The van der Waals surface area contributed by atoms with Gasteiger partial charge in [0.15, 0.2) is 5.01 Å². The van der Waals surface area contributed by atoms with E-state index in [1.165, 1.54) is 0 Å². The Labute approximate surface area is 94.9 Å². The van der Waals surface area contributed by atoms with Crippen LogP contribution in [0.3, 0.4) is 0 Å². The molecule has 0 N–H and O–H groups in total. The first kappa shape index (κ1) is 9.45. The summed E-state index contributed by atoms with van der Waals surface area (Å²) in [4.78, 5) is 4.08. The zero-order valence-corrected chi connectivity index (χ0v) is 9.60. The topological polar surface area (TPSA) is 12.9 Å². The first-order valence-corrected chi connectivity index (χ1v) is 5.69. The lowest BCUT2D eigenvalue weighted by atomic mass is 10.2. The van der Waals surface area contributed by atoms with Crippen molar-refractivity contribution in [2.75, 3.05) is 0 Å².